The van der Waals surface area contributed by atoms with Gasteiger partial charge in [0.1, 0.15) is 6.04 Å². The molecule has 0 bridgehead atoms. The predicted molar refractivity (Wildman–Crippen MR) is 85.7 cm³/mol. The van der Waals surface area contributed by atoms with Gasteiger partial charge in [0.25, 0.3) is 5.56 Å². The molecule has 1 aromatic carbocycles. The molecule has 1 aromatic heterocycles. The number of methoxy groups -OCH3 is 1. The lowest BCUT2D eigenvalue weighted by molar-refractivity contribution is -0.142. The minimum absolute atomic E-state index is 0.313. The van der Waals surface area contributed by atoms with Crippen LogP contribution in [0.15, 0.2) is 40.1 Å². The minimum atomic E-state index is -0.750. The van der Waals surface area contributed by atoms with E-state index in [1.54, 1.807) is 38.2 Å². The maximum absolute atomic E-state index is 12.2. The highest BCUT2D eigenvalue weighted by Crippen LogP contribution is 2.09. The zero-order valence-corrected chi connectivity index (χ0v) is 13.3. The van der Waals surface area contributed by atoms with Crippen LogP contribution < -0.4 is 17.0 Å². The van der Waals surface area contributed by atoms with Gasteiger partial charge in [0, 0.05) is 18.8 Å². The highest BCUT2D eigenvalue weighted by molar-refractivity contribution is 5.75. The highest BCUT2D eigenvalue weighted by Gasteiger charge is 2.14. The van der Waals surface area contributed by atoms with Gasteiger partial charge < -0.3 is 15.0 Å². The van der Waals surface area contributed by atoms with Gasteiger partial charge in [-0.1, -0.05) is 12.1 Å². The van der Waals surface area contributed by atoms with Gasteiger partial charge in [-0.2, -0.15) is 0 Å². The Hall–Kier alpha value is -2.67. The molecule has 2 N–H and O–H groups in total. The fourth-order valence-corrected chi connectivity index (χ4v) is 2.32. The van der Waals surface area contributed by atoms with E-state index in [1.807, 2.05) is 0 Å². The molecule has 0 fully saturated rings. The van der Waals surface area contributed by atoms with Crippen molar-refractivity contribution >= 4 is 5.97 Å². The third-order valence-electron chi connectivity index (χ3n) is 3.57. The second-order valence-corrected chi connectivity index (χ2v) is 5.35. The summed E-state index contributed by atoms with van der Waals surface area (Å²) >= 11 is 0. The lowest BCUT2D eigenvalue weighted by Gasteiger charge is -2.11. The summed E-state index contributed by atoms with van der Waals surface area (Å²) in [6, 6.07) is 6.02. The van der Waals surface area contributed by atoms with Crippen LogP contribution in [0.3, 0.4) is 0 Å². The van der Waals surface area contributed by atoms with Crippen LogP contribution in [0.25, 0.3) is 5.69 Å². The number of aromatic nitrogens is 2. The second-order valence-electron chi connectivity index (χ2n) is 5.35. The van der Waals surface area contributed by atoms with Gasteiger partial charge in [-0.25, -0.2) is 9.36 Å². The first-order valence-corrected chi connectivity index (χ1v) is 7.07. The zero-order chi connectivity index (χ0) is 17.1. The average molecular weight is 317 g/mol. The van der Waals surface area contributed by atoms with Crippen LogP contribution in [0.5, 0.6) is 0 Å². The van der Waals surface area contributed by atoms with E-state index in [0.717, 1.165) is 10.1 Å². The number of nitrogens with zero attached hydrogens (tertiary/aromatic N) is 2. The second kappa shape index (κ2) is 6.62. The number of hydrogen-bond donors (Lipinski definition) is 1. The Morgan fingerprint density at radius 2 is 1.87 bits per heavy atom. The summed E-state index contributed by atoms with van der Waals surface area (Å²) in [4.78, 5) is 35.7. The van der Waals surface area contributed by atoms with Gasteiger partial charge >= 0.3 is 11.7 Å². The lowest BCUT2D eigenvalue weighted by atomic mass is 10.1. The topological polar surface area (TPSA) is 96.3 Å². The maximum Gasteiger partial charge on any atom is 0.335 e. The Morgan fingerprint density at radius 1 is 1.26 bits per heavy atom. The predicted octanol–water partition coefficient (Wildman–Crippen LogP) is -0.113. The highest BCUT2D eigenvalue weighted by atomic mass is 16.5. The van der Waals surface area contributed by atoms with Crippen molar-refractivity contribution in [2.45, 2.75) is 19.4 Å². The van der Waals surface area contributed by atoms with Gasteiger partial charge in [-0.3, -0.25) is 9.59 Å². The minimum Gasteiger partial charge on any atom is -0.468 e. The van der Waals surface area contributed by atoms with Crippen molar-refractivity contribution in [3.63, 3.8) is 0 Å². The largest absolute Gasteiger partial charge is 0.468 e. The molecule has 1 unspecified atom stereocenters. The molecular formula is C16H19N3O4. The van der Waals surface area contributed by atoms with Gasteiger partial charge in [0.15, 0.2) is 0 Å². The van der Waals surface area contributed by atoms with Gasteiger partial charge in [0.2, 0.25) is 0 Å². The SMILES string of the molecule is COC(=O)C(N)Cc1ccc(-n2c(=O)c(C)cn(C)c2=O)cc1. The molecule has 23 heavy (non-hydrogen) atoms. The lowest BCUT2D eigenvalue weighted by Crippen LogP contribution is -2.38. The first kappa shape index (κ1) is 16.7. The molecule has 2 aromatic rings. The van der Waals surface area contributed by atoms with Crippen molar-refractivity contribution in [1.29, 1.82) is 0 Å². The third kappa shape index (κ3) is 3.40. The molecular weight excluding hydrogens is 298 g/mol. The van der Waals surface area contributed by atoms with Crippen molar-refractivity contribution in [1.82, 2.24) is 9.13 Å². The Labute approximate surface area is 132 Å². The molecule has 122 valence electrons. The summed E-state index contributed by atoms with van der Waals surface area (Å²) < 4.78 is 7.05. The van der Waals surface area contributed by atoms with Crippen LogP contribution in [0.4, 0.5) is 0 Å². The number of carbonyl (C=O) groups is 1. The summed E-state index contributed by atoms with van der Waals surface area (Å²) in [5, 5.41) is 0. The summed E-state index contributed by atoms with van der Waals surface area (Å²) in [6.45, 7) is 1.65. The third-order valence-corrected chi connectivity index (χ3v) is 3.57. The number of esters is 1. The Kier molecular flexibility index (Phi) is 4.80. The molecule has 7 nitrogen and oxygen atoms in total. The fraction of sp³-hybridized carbons (Fsp3) is 0.312. The smallest absolute Gasteiger partial charge is 0.335 e. The summed E-state index contributed by atoms with van der Waals surface area (Å²) in [7, 11) is 2.88. The van der Waals surface area contributed by atoms with Crippen molar-refractivity contribution in [3.8, 4) is 5.69 Å². The number of rotatable bonds is 4. The van der Waals surface area contributed by atoms with E-state index in [1.165, 1.54) is 17.9 Å². The molecule has 7 heteroatoms. The molecule has 1 atom stereocenters. The van der Waals surface area contributed by atoms with E-state index in [0.29, 0.717) is 17.7 Å². The van der Waals surface area contributed by atoms with Gasteiger partial charge in [-0.05, 0) is 31.0 Å². The Balaban J connectivity index is 2.36. The van der Waals surface area contributed by atoms with E-state index in [2.05, 4.69) is 4.74 Å². The molecule has 2 rings (SSSR count). The molecule has 0 amide bonds. The van der Waals surface area contributed by atoms with Crippen LogP contribution in [0.2, 0.25) is 0 Å². The van der Waals surface area contributed by atoms with E-state index in [-0.39, 0.29) is 5.56 Å². The molecule has 0 aliphatic heterocycles. The normalized spacial score (nSPS) is 12.0. The van der Waals surface area contributed by atoms with E-state index in [4.69, 9.17) is 5.73 Å². The standard InChI is InChI=1S/C16H19N3O4/c1-10-9-18(2)16(22)19(14(10)20)12-6-4-11(5-7-12)8-13(17)15(21)23-3/h4-7,9,13H,8,17H2,1-3H3. The van der Waals surface area contributed by atoms with Crippen molar-refractivity contribution in [2.75, 3.05) is 7.11 Å². The molecule has 0 spiro atoms. The summed E-state index contributed by atoms with van der Waals surface area (Å²) in [5.74, 6) is -0.488. The molecule has 0 radical (unpaired) electrons. The molecule has 0 saturated heterocycles. The number of aryl methyl sites for hydroxylation is 2. The van der Waals surface area contributed by atoms with Crippen molar-refractivity contribution in [2.24, 2.45) is 12.8 Å². The van der Waals surface area contributed by atoms with E-state index < -0.39 is 17.7 Å². The van der Waals surface area contributed by atoms with Crippen LogP contribution in [0, 0.1) is 6.92 Å². The van der Waals surface area contributed by atoms with Crippen molar-refractivity contribution in [3.05, 3.63) is 62.4 Å². The first-order chi connectivity index (χ1) is 10.8. The number of benzene rings is 1. The van der Waals surface area contributed by atoms with E-state index >= 15 is 0 Å². The monoisotopic (exact) mass is 317 g/mol. The Morgan fingerprint density at radius 3 is 2.43 bits per heavy atom. The van der Waals surface area contributed by atoms with Crippen LogP contribution in [-0.4, -0.2) is 28.3 Å². The van der Waals surface area contributed by atoms with Gasteiger partial charge in [-0.15, -0.1) is 0 Å². The van der Waals surface area contributed by atoms with E-state index in [9.17, 15) is 14.4 Å². The number of hydrogen-bond acceptors (Lipinski definition) is 5. The van der Waals surface area contributed by atoms with Crippen LogP contribution >= 0.6 is 0 Å². The zero-order valence-electron chi connectivity index (χ0n) is 13.3. The first-order valence-electron chi connectivity index (χ1n) is 7.07. The summed E-state index contributed by atoms with van der Waals surface area (Å²) in [5.41, 5.74) is 6.69. The fourth-order valence-electron chi connectivity index (χ4n) is 2.32. The molecule has 0 aliphatic rings. The number of carbonyl (C=O) groups excluding carboxylic acids is 1. The molecule has 1 heterocycles. The summed E-state index contributed by atoms with van der Waals surface area (Å²) in [6.07, 6.45) is 1.82. The van der Waals surface area contributed by atoms with Gasteiger partial charge in [0.05, 0.1) is 12.8 Å². The average Bonchev–Trinajstić information content (AvgIpc) is 2.54. The number of ether oxygens (including phenoxy) is 1. The van der Waals surface area contributed by atoms with Crippen LogP contribution in [-0.2, 0) is 23.0 Å². The maximum atomic E-state index is 12.2. The quantitative estimate of drug-likeness (QED) is 0.794. The van der Waals surface area contributed by atoms with Crippen LogP contribution in [0.1, 0.15) is 11.1 Å². The molecule has 0 saturated carbocycles. The van der Waals surface area contributed by atoms with Crippen molar-refractivity contribution < 1.29 is 9.53 Å². The number of nitrogens with two attached hydrogens (primary N) is 1. The molecule has 0 aliphatic carbocycles. The Bertz CT molecular complexity index is 800.